The summed E-state index contributed by atoms with van der Waals surface area (Å²) >= 11 is 1.66. The van der Waals surface area contributed by atoms with Gasteiger partial charge in [0.05, 0.1) is 17.9 Å². The Bertz CT molecular complexity index is 754. The Morgan fingerprint density at radius 1 is 1.13 bits per heavy atom. The number of hydrogen-bond donors (Lipinski definition) is 1. The molecule has 1 amide bonds. The maximum absolute atomic E-state index is 13.6. The molecular weight excluding hydrogens is 325 g/mol. The first-order chi connectivity index (χ1) is 11.1. The molecule has 1 aliphatic heterocycles. The number of thioether (sulfide) groups is 1. The summed E-state index contributed by atoms with van der Waals surface area (Å²) in [5.41, 5.74) is 0.568. The Hall–Kier alpha value is -2.15. The Morgan fingerprint density at radius 3 is 2.74 bits per heavy atom. The van der Waals surface area contributed by atoms with Crippen molar-refractivity contribution in [2.45, 2.75) is 4.90 Å². The summed E-state index contributed by atoms with van der Waals surface area (Å²) in [7, 11) is 0. The minimum atomic E-state index is -1.55. The van der Waals surface area contributed by atoms with E-state index in [-0.39, 0.29) is 18.1 Å². The van der Waals surface area contributed by atoms with Crippen molar-refractivity contribution >= 4 is 29.0 Å². The number of anilines is 2. The van der Waals surface area contributed by atoms with Gasteiger partial charge in [-0.1, -0.05) is 12.1 Å². The molecule has 0 atom stereocenters. The van der Waals surface area contributed by atoms with Gasteiger partial charge in [-0.15, -0.1) is 11.8 Å². The topological polar surface area (TPSA) is 32.3 Å². The fourth-order valence-electron chi connectivity index (χ4n) is 2.36. The van der Waals surface area contributed by atoms with Gasteiger partial charge in [-0.05, 0) is 24.3 Å². The quantitative estimate of drug-likeness (QED) is 0.867. The van der Waals surface area contributed by atoms with Crippen LogP contribution < -0.4 is 10.2 Å². The number of carbonyl (C=O) groups is 1. The van der Waals surface area contributed by atoms with Crippen molar-refractivity contribution in [3.63, 3.8) is 0 Å². The van der Waals surface area contributed by atoms with Crippen molar-refractivity contribution in [1.29, 1.82) is 0 Å². The first kappa shape index (κ1) is 15.7. The zero-order valence-electron chi connectivity index (χ0n) is 12.0. The molecule has 120 valence electrons. The first-order valence-corrected chi connectivity index (χ1v) is 7.96. The van der Waals surface area contributed by atoms with Gasteiger partial charge in [0, 0.05) is 17.2 Å². The second kappa shape index (κ2) is 6.54. The van der Waals surface area contributed by atoms with E-state index >= 15 is 0 Å². The van der Waals surface area contributed by atoms with Crippen molar-refractivity contribution < 1.29 is 18.0 Å². The first-order valence-electron chi connectivity index (χ1n) is 6.97. The number of nitrogens with one attached hydrogen (secondary N) is 1. The van der Waals surface area contributed by atoms with Gasteiger partial charge in [-0.25, -0.2) is 13.2 Å². The molecule has 0 spiro atoms. The highest BCUT2D eigenvalue weighted by molar-refractivity contribution is 7.99. The molecule has 1 aliphatic rings. The number of carbonyl (C=O) groups excluding carboxylic acids is 1. The molecule has 0 saturated carbocycles. The number of fused-ring (bicyclic) bond motifs is 1. The van der Waals surface area contributed by atoms with Gasteiger partial charge in [0.1, 0.15) is 0 Å². The Kier molecular flexibility index (Phi) is 4.47. The molecule has 2 aromatic rings. The lowest BCUT2D eigenvalue weighted by molar-refractivity contribution is -0.117. The minimum Gasteiger partial charge on any atom is -0.374 e. The van der Waals surface area contributed by atoms with Crippen LogP contribution in [0, 0.1) is 17.5 Å². The van der Waals surface area contributed by atoms with Crippen LogP contribution in [0.2, 0.25) is 0 Å². The van der Waals surface area contributed by atoms with Crippen LogP contribution in [0.3, 0.4) is 0 Å². The van der Waals surface area contributed by atoms with Crippen LogP contribution >= 0.6 is 11.8 Å². The van der Waals surface area contributed by atoms with E-state index in [0.29, 0.717) is 6.54 Å². The van der Waals surface area contributed by atoms with Gasteiger partial charge >= 0.3 is 0 Å². The predicted octanol–water partition coefficient (Wildman–Crippen LogP) is 3.65. The highest BCUT2D eigenvalue weighted by atomic mass is 32.2. The van der Waals surface area contributed by atoms with Crippen molar-refractivity contribution in [2.75, 3.05) is 29.1 Å². The third-order valence-corrected chi connectivity index (χ3v) is 4.54. The molecule has 7 heteroatoms. The molecule has 0 bridgehead atoms. The molecule has 0 aromatic heterocycles. The molecule has 1 N–H and O–H groups in total. The van der Waals surface area contributed by atoms with Gasteiger partial charge in [0.2, 0.25) is 5.91 Å². The Labute approximate surface area is 135 Å². The smallest absolute Gasteiger partial charge is 0.246 e. The van der Waals surface area contributed by atoms with E-state index in [1.165, 1.54) is 0 Å². The number of para-hydroxylation sites is 1. The number of amides is 1. The number of hydrogen-bond acceptors (Lipinski definition) is 3. The molecule has 0 fully saturated rings. The minimum absolute atomic E-state index is 0.207. The maximum atomic E-state index is 13.6. The summed E-state index contributed by atoms with van der Waals surface area (Å²) in [5, 5.41) is 2.53. The van der Waals surface area contributed by atoms with E-state index in [1.54, 1.807) is 16.7 Å². The molecular formula is C16H13F3N2OS. The molecule has 0 saturated heterocycles. The summed E-state index contributed by atoms with van der Waals surface area (Å²) in [6.45, 7) is 0.337. The van der Waals surface area contributed by atoms with E-state index in [1.807, 2.05) is 24.3 Å². The number of rotatable bonds is 3. The number of halogens is 3. The average molecular weight is 338 g/mol. The fourth-order valence-corrected chi connectivity index (χ4v) is 3.35. The van der Waals surface area contributed by atoms with Gasteiger partial charge in [0.15, 0.2) is 17.5 Å². The van der Waals surface area contributed by atoms with Crippen LogP contribution in [0.15, 0.2) is 41.3 Å². The van der Waals surface area contributed by atoms with E-state index in [4.69, 9.17) is 0 Å². The van der Waals surface area contributed by atoms with E-state index < -0.39 is 17.5 Å². The lowest BCUT2D eigenvalue weighted by Crippen LogP contribution is -2.39. The maximum Gasteiger partial charge on any atom is 0.246 e. The number of benzene rings is 2. The molecule has 2 aromatic carbocycles. The summed E-state index contributed by atoms with van der Waals surface area (Å²) in [6.07, 6.45) is 0. The number of nitrogens with zero attached hydrogens (tertiary/aromatic N) is 1. The molecule has 3 nitrogen and oxygen atoms in total. The highest BCUT2D eigenvalue weighted by Crippen LogP contribution is 2.34. The molecule has 23 heavy (non-hydrogen) atoms. The SMILES string of the molecule is O=C(CNc1ccc(F)c(F)c1F)N1CCSc2ccccc21. The van der Waals surface area contributed by atoms with Crippen molar-refractivity contribution in [1.82, 2.24) is 0 Å². The van der Waals surface area contributed by atoms with Gasteiger partial charge in [-0.2, -0.15) is 0 Å². The second-order valence-corrected chi connectivity index (χ2v) is 6.07. The zero-order chi connectivity index (χ0) is 16.4. The van der Waals surface area contributed by atoms with Crippen LogP contribution in [0.25, 0.3) is 0 Å². The predicted molar refractivity (Wildman–Crippen MR) is 84.3 cm³/mol. The standard InChI is InChI=1S/C16H13F3N2OS/c17-10-5-6-11(16(19)15(10)18)20-9-14(22)21-7-8-23-13-4-2-1-3-12(13)21/h1-6,20H,7-9H2. The largest absolute Gasteiger partial charge is 0.374 e. The molecule has 0 aliphatic carbocycles. The van der Waals surface area contributed by atoms with Crippen LogP contribution in [0.5, 0.6) is 0 Å². The summed E-state index contributed by atoms with van der Waals surface area (Å²) in [5.74, 6) is -3.64. The van der Waals surface area contributed by atoms with Crippen LogP contribution in [-0.4, -0.2) is 24.7 Å². The molecule has 1 heterocycles. The van der Waals surface area contributed by atoms with Crippen molar-refractivity contribution in [2.24, 2.45) is 0 Å². The summed E-state index contributed by atoms with van der Waals surface area (Å²) in [4.78, 5) is 15.0. The Morgan fingerprint density at radius 2 is 1.91 bits per heavy atom. The molecule has 0 unspecified atom stereocenters. The van der Waals surface area contributed by atoms with E-state index in [9.17, 15) is 18.0 Å². The molecule has 3 rings (SSSR count). The van der Waals surface area contributed by atoms with Gasteiger partial charge in [-0.3, -0.25) is 4.79 Å². The third kappa shape index (κ3) is 3.14. The van der Waals surface area contributed by atoms with Gasteiger partial charge in [0.25, 0.3) is 0 Å². The average Bonchev–Trinajstić information content (AvgIpc) is 2.58. The van der Waals surface area contributed by atoms with Crippen LogP contribution in [0.4, 0.5) is 24.5 Å². The Balaban J connectivity index is 1.73. The lowest BCUT2D eigenvalue weighted by Gasteiger charge is -2.29. The highest BCUT2D eigenvalue weighted by Gasteiger charge is 2.23. The zero-order valence-corrected chi connectivity index (χ0v) is 12.8. The van der Waals surface area contributed by atoms with E-state index in [2.05, 4.69) is 5.32 Å². The summed E-state index contributed by atoms with van der Waals surface area (Å²) < 4.78 is 39.7. The fraction of sp³-hybridized carbons (Fsp3) is 0.188. The second-order valence-electron chi connectivity index (χ2n) is 4.94. The van der Waals surface area contributed by atoms with Crippen LogP contribution in [-0.2, 0) is 4.79 Å². The van der Waals surface area contributed by atoms with Crippen LogP contribution in [0.1, 0.15) is 0 Å². The van der Waals surface area contributed by atoms with Crippen molar-refractivity contribution in [3.05, 3.63) is 53.8 Å². The third-order valence-electron chi connectivity index (χ3n) is 3.49. The summed E-state index contributed by atoms with van der Waals surface area (Å²) in [6, 6.07) is 9.40. The lowest BCUT2D eigenvalue weighted by atomic mass is 10.2. The normalized spacial score (nSPS) is 13.6. The van der Waals surface area contributed by atoms with Crippen molar-refractivity contribution in [3.8, 4) is 0 Å². The monoisotopic (exact) mass is 338 g/mol. The van der Waals surface area contributed by atoms with E-state index in [0.717, 1.165) is 28.5 Å². The molecule has 0 radical (unpaired) electrons. The van der Waals surface area contributed by atoms with Gasteiger partial charge < -0.3 is 10.2 Å².